The third-order valence-corrected chi connectivity index (χ3v) is 5.79. The van der Waals surface area contributed by atoms with E-state index in [-0.39, 0.29) is 43.1 Å². The summed E-state index contributed by atoms with van der Waals surface area (Å²) in [5.74, 6) is -2.56. The smallest absolute Gasteiger partial charge is 0.332 e. The highest BCUT2D eigenvalue weighted by Gasteiger charge is 2.47. The number of carboxylic acid groups (broad SMARTS) is 1. The van der Waals surface area contributed by atoms with Crippen LogP contribution in [-0.4, -0.2) is 54.7 Å². The van der Waals surface area contributed by atoms with E-state index >= 15 is 0 Å². The molecule has 0 aliphatic carbocycles. The second kappa shape index (κ2) is 11.9. The van der Waals surface area contributed by atoms with Crippen molar-refractivity contribution in [3.63, 3.8) is 0 Å². The number of aliphatic carboxylic acids is 1. The van der Waals surface area contributed by atoms with Gasteiger partial charge in [0.15, 0.2) is 20.2 Å². The number of hydrogen-bond acceptors (Lipinski definition) is 5. The lowest BCUT2D eigenvalue weighted by molar-refractivity contribution is -0.151. The Morgan fingerprint density at radius 3 is 2.24 bits per heavy atom. The lowest BCUT2D eigenvalue weighted by Crippen LogP contribution is -2.62. The minimum Gasteiger partial charge on any atom is -0.479 e. The maximum absolute atomic E-state index is 14.7. The van der Waals surface area contributed by atoms with Crippen LogP contribution >= 0.6 is 35.6 Å². The van der Waals surface area contributed by atoms with Gasteiger partial charge in [-0.3, -0.25) is 4.79 Å². The van der Waals surface area contributed by atoms with Crippen LogP contribution in [0, 0.1) is 0 Å². The fourth-order valence-electron chi connectivity index (χ4n) is 2.73. The molecule has 0 aromatic heterocycles. The van der Waals surface area contributed by atoms with E-state index < -0.39 is 38.3 Å². The van der Waals surface area contributed by atoms with Crippen LogP contribution in [0.3, 0.4) is 0 Å². The number of carbonyl (C=O) groups excluding carboxylic acids is 1. The lowest BCUT2D eigenvalue weighted by Gasteiger charge is -2.34. The molecule has 0 fully saturated rings. The van der Waals surface area contributed by atoms with E-state index in [1.807, 2.05) is 0 Å². The number of nitrogens with two attached hydrogens (primary N) is 1. The van der Waals surface area contributed by atoms with Crippen LogP contribution in [-0.2, 0) is 25.8 Å². The van der Waals surface area contributed by atoms with Crippen molar-refractivity contribution < 1.29 is 27.5 Å². The molecule has 0 aliphatic rings. The second-order valence-electron chi connectivity index (χ2n) is 6.38. The van der Waals surface area contributed by atoms with Crippen LogP contribution in [0.15, 0.2) is 29.2 Å². The highest BCUT2D eigenvalue weighted by Crippen LogP contribution is 2.26. The van der Waals surface area contributed by atoms with E-state index in [0.29, 0.717) is 6.42 Å². The van der Waals surface area contributed by atoms with Gasteiger partial charge in [-0.15, -0.1) is 12.4 Å². The number of sulfone groups is 1. The van der Waals surface area contributed by atoms with Gasteiger partial charge in [-0.05, 0) is 49.9 Å². The zero-order chi connectivity index (χ0) is 21.5. The Kier molecular flexibility index (Phi) is 11.4. The van der Waals surface area contributed by atoms with E-state index in [1.165, 1.54) is 12.1 Å². The molecule has 0 aliphatic heterocycles. The minimum absolute atomic E-state index is 0. The van der Waals surface area contributed by atoms with E-state index in [9.17, 15) is 27.5 Å². The molecule has 1 aromatic rings. The van der Waals surface area contributed by atoms with Gasteiger partial charge in [0.1, 0.15) is 6.17 Å². The number of amides is 1. The molecule has 29 heavy (non-hydrogen) atoms. The summed E-state index contributed by atoms with van der Waals surface area (Å²) in [6.45, 7) is -0.107. The summed E-state index contributed by atoms with van der Waals surface area (Å²) in [4.78, 5) is 22.3. The van der Waals surface area contributed by atoms with Crippen molar-refractivity contribution in [1.29, 1.82) is 0 Å². The normalized spacial score (nSPS) is 14.6. The SMILES string of the molecule is CS(=O)(=O)c1ccc(CCC[C@](NC(=O)C(Cl)Cl)(C(=O)O)C(F)CCN)cc1.Cl. The first-order valence-corrected chi connectivity index (χ1v) is 11.2. The number of carbonyl (C=O) groups is 2. The molecule has 0 radical (unpaired) electrons. The van der Waals surface area contributed by atoms with Gasteiger partial charge in [0.25, 0.3) is 5.91 Å². The summed E-state index contributed by atoms with van der Waals surface area (Å²) in [6, 6.07) is 6.07. The molecular weight excluding hydrogens is 470 g/mol. The first-order chi connectivity index (χ1) is 12.9. The predicted molar refractivity (Wildman–Crippen MR) is 112 cm³/mol. The Labute approximate surface area is 185 Å². The topological polar surface area (TPSA) is 127 Å². The van der Waals surface area contributed by atoms with Crippen molar-refractivity contribution in [2.24, 2.45) is 5.73 Å². The molecule has 12 heteroatoms. The zero-order valence-corrected chi connectivity index (χ0v) is 18.8. The molecule has 0 heterocycles. The Balaban J connectivity index is 0.00000784. The number of halogens is 4. The van der Waals surface area contributed by atoms with Gasteiger partial charge in [-0.25, -0.2) is 17.6 Å². The molecule has 1 rings (SSSR count). The summed E-state index contributed by atoms with van der Waals surface area (Å²) in [5, 5.41) is 11.7. The highest BCUT2D eigenvalue weighted by atomic mass is 35.5. The number of rotatable bonds is 11. The number of hydrogen-bond donors (Lipinski definition) is 3. The summed E-state index contributed by atoms with van der Waals surface area (Å²) in [5.41, 5.74) is 3.86. The Morgan fingerprint density at radius 2 is 1.83 bits per heavy atom. The monoisotopic (exact) mass is 492 g/mol. The molecule has 0 bridgehead atoms. The molecule has 4 N–H and O–H groups in total. The van der Waals surface area contributed by atoms with Crippen molar-refractivity contribution >= 4 is 57.3 Å². The largest absolute Gasteiger partial charge is 0.479 e. The van der Waals surface area contributed by atoms with Crippen LogP contribution in [0.4, 0.5) is 4.39 Å². The standard InChI is InChI=1S/C17H23Cl2FN2O5S.ClH/c1-28(26,27)12-6-4-11(5-7-12)3-2-9-17(16(24)25,13(20)8-10-21)22-15(23)14(18)19;/h4-7,13-14H,2-3,8-10,21H2,1H3,(H,22,23)(H,24,25);1H/t13?,17-;/m1./s1. The van der Waals surface area contributed by atoms with Crippen molar-refractivity contribution in [1.82, 2.24) is 5.32 Å². The maximum Gasteiger partial charge on any atom is 0.332 e. The van der Waals surface area contributed by atoms with E-state index in [1.54, 1.807) is 12.1 Å². The molecule has 1 aromatic carbocycles. The number of carboxylic acids is 1. The number of aryl methyl sites for hydroxylation is 1. The molecular formula is C17H24Cl3FN2O5S. The van der Waals surface area contributed by atoms with Crippen LogP contribution in [0.2, 0.25) is 0 Å². The molecule has 0 saturated carbocycles. The van der Waals surface area contributed by atoms with Gasteiger partial charge in [-0.1, -0.05) is 35.3 Å². The fraction of sp³-hybridized carbons (Fsp3) is 0.529. The number of benzene rings is 1. The van der Waals surface area contributed by atoms with Gasteiger partial charge in [0.05, 0.1) is 4.90 Å². The molecule has 166 valence electrons. The van der Waals surface area contributed by atoms with Gasteiger partial charge >= 0.3 is 5.97 Å². The fourth-order valence-corrected chi connectivity index (χ4v) is 3.47. The quantitative estimate of drug-likeness (QED) is 0.406. The zero-order valence-electron chi connectivity index (χ0n) is 15.6. The van der Waals surface area contributed by atoms with Gasteiger partial charge in [-0.2, -0.15) is 0 Å². The third-order valence-electron chi connectivity index (χ3n) is 4.27. The lowest BCUT2D eigenvalue weighted by atomic mass is 9.85. The second-order valence-corrected chi connectivity index (χ2v) is 9.49. The van der Waals surface area contributed by atoms with Crippen LogP contribution in [0.25, 0.3) is 0 Å². The van der Waals surface area contributed by atoms with Crippen molar-refractivity contribution in [2.75, 3.05) is 12.8 Å². The first-order valence-electron chi connectivity index (χ1n) is 8.40. The van der Waals surface area contributed by atoms with Crippen molar-refractivity contribution in [3.05, 3.63) is 29.8 Å². The molecule has 2 atom stereocenters. The van der Waals surface area contributed by atoms with Crippen LogP contribution < -0.4 is 11.1 Å². The third kappa shape index (κ3) is 7.90. The van der Waals surface area contributed by atoms with E-state index in [4.69, 9.17) is 28.9 Å². The van der Waals surface area contributed by atoms with Gasteiger partial charge in [0.2, 0.25) is 0 Å². The van der Waals surface area contributed by atoms with E-state index in [2.05, 4.69) is 5.32 Å². The van der Waals surface area contributed by atoms with Gasteiger partial charge in [0, 0.05) is 6.26 Å². The molecule has 1 amide bonds. The Bertz CT molecular complexity index is 793. The summed E-state index contributed by atoms with van der Waals surface area (Å²) in [7, 11) is -3.33. The molecule has 0 saturated heterocycles. The van der Waals surface area contributed by atoms with Crippen molar-refractivity contribution in [2.45, 2.75) is 47.1 Å². The number of alkyl halides is 3. The average molecular weight is 494 g/mol. The predicted octanol–water partition coefficient (Wildman–Crippen LogP) is 2.26. The first kappa shape index (κ1) is 27.9. The minimum atomic E-state index is -3.33. The Morgan fingerprint density at radius 1 is 1.28 bits per heavy atom. The molecule has 1 unspecified atom stereocenters. The molecule has 7 nitrogen and oxygen atoms in total. The van der Waals surface area contributed by atoms with Crippen molar-refractivity contribution in [3.8, 4) is 0 Å². The average Bonchev–Trinajstić information content (AvgIpc) is 2.60. The Hall–Kier alpha value is -1.13. The maximum atomic E-state index is 14.7. The van der Waals surface area contributed by atoms with Crippen LogP contribution in [0.5, 0.6) is 0 Å². The van der Waals surface area contributed by atoms with E-state index in [0.717, 1.165) is 11.8 Å². The molecule has 0 spiro atoms. The summed E-state index contributed by atoms with van der Waals surface area (Å²) in [6.07, 6.45) is -0.820. The summed E-state index contributed by atoms with van der Waals surface area (Å²) < 4.78 is 37.6. The summed E-state index contributed by atoms with van der Waals surface area (Å²) >= 11 is 10.9. The number of nitrogens with one attached hydrogen (secondary N) is 1. The highest BCUT2D eigenvalue weighted by molar-refractivity contribution is 7.90. The van der Waals surface area contributed by atoms with Crippen LogP contribution in [0.1, 0.15) is 24.8 Å². The van der Waals surface area contributed by atoms with Gasteiger partial charge < -0.3 is 16.2 Å².